The first-order valence-corrected chi connectivity index (χ1v) is 10.1. The van der Waals surface area contributed by atoms with E-state index in [-0.39, 0.29) is 18.5 Å². The lowest BCUT2D eigenvalue weighted by Gasteiger charge is -2.07. The van der Waals surface area contributed by atoms with Crippen molar-refractivity contribution in [2.45, 2.75) is 4.34 Å². The van der Waals surface area contributed by atoms with E-state index in [0.717, 1.165) is 11.4 Å². The van der Waals surface area contributed by atoms with Crippen LogP contribution in [0.4, 0.5) is 16.5 Å². The van der Waals surface area contributed by atoms with Crippen LogP contribution in [-0.2, 0) is 4.79 Å². The molecule has 0 unspecified atom stereocenters. The molecule has 2 aromatic carbocycles. The molecule has 1 aliphatic rings. The maximum absolute atomic E-state index is 12.2. The molecule has 1 aliphatic heterocycles. The number of thioether (sulfide) groups is 1. The van der Waals surface area contributed by atoms with Crippen LogP contribution < -0.4 is 24.8 Å². The maximum atomic E-state index is 12.2. The van der Waals surface area contributed by atoms with Crippen LogP contribution in [-0.4, -0.2) is 35.8 Å². The van der Waals surface area contributed by atoms with Gasteiger partial charge in [0.25, 0.3) is 0 Å². The summed E-state index contributed by atoms with van der Waals surface area (Å²) in [5.41, 5.74) is 1.46. The van der Waals surface area contributed by atoms with Crippen LogP contribution in [0.2, 0.25) is 0 Å². The molecule has 1 amide bonds. The summed E-state index contributed by atoms with van der Waals surface area (Å²) in [6.07, 6.45) is 0. The summed E-state index contributed by atoms with van der Waals surface area (Å²) >= 11 is 2.69. The van der Waals surface area contributed by atoms with Crippen LogP contribution >= 0.6 is 23.1 Å². The van der Waals surface area contributed by atoms with Gasteiger partial charge in [-0.25, -0.2) is 0 Å². The number of aromatic nitrogens is 2. The van der Waals surface area contributed by atoms with E-state index in [1.807, 2.05) is 24.3 Å². The Morgan fingerprint density at radius 2 is 2.07 bits per heavy atom. The Morgan fingerprint density at radius 3 is 2.96 bits per heavy atom. The molecular weight excluding hydrogens is 400 g/mol. The van der Waals surface area contributed by atoms with Crippen LogP contribution in [0.3, 0.4) is 0 Å². The standard InChI is InChI=1S/C18H16N4O4S2/c1-24-13-5-3-2-4-12(13)20-17-21-22-18(28-17)27-9-16(23)19-11-6-7-14-15(8-11)26-10-25-14/h2-8H,9-10H2,1H3,(H,19,23)(H,20,21). The second-order valence-electron chi connectivity index (χ2n) is 5.60. The van der Waals surface area contributed by atoms with Gasteiger partial charge in [0.1, 0.15) is 5.75 Å². The van der Waals surface area contributed by atoms with Gasteiger partial charge in [0, 0.05) is 11.8 Å². The third kappa shape index (κ3) is 4.29. The van der Waals surface area contributed by atoms with Gasteiger partial charge >= 0.3 is 0 Å². The van der Waals surface area contributed by atoms with Gasteiger partial charge in [-0.15, -0.1) is 10.2 Å². The van der Waals surface area contributed by atoms with Crippen molar-refractivity contribution in [1.82, 2.24) is 10.2 Å². The van der Waals surface area contributed by atoms with Gasteiger partial charge in [-0.05, 0) is 24.3 Å². The summed E-state index contributed by atoms with van der Waals surface area (Å²) < 4.78 is 16.6. The van der Waals surface area contributed by atoms with E-state index in [1.54, 1.807) is 25.3 Å². The molecule has 2 heterocycles. The van der Waals surface area contributed by atoms with Crippen molar-refractivity contribution in [3.8, 4) is 17.2 Å². The van der Waals surface area contributed by atoms with Gasteiger partial charge in [-0.2, -0.15) is 0 Å². The van der Waals surface area contributed by atoms with E-state index in [4.69, 9.17) is 14.2 Å². The zero-order chi connectivity index (χ0) is 19.3. The summed E-state index contributed by atoms with van der Waals surface area (Å²) in [7, 11) is 1.61. The second kappa shape index (κ2) is 8.36. The minimum absolute atomic E-state index is 0.140. The number of amides is 1. The lowest BCUT2D eigenvalue weighted by Crippen LogP contribution is -2.13. The Kier molecular flexibility index (Phi) is 5.49. The van der Waals surface area contributed by atoms with Crippen LogP contribution in [0.5, 0.6) is 17.2 Å². The molecule has 0 fully saturated rings. The number of methoxy groups -OCH3 is 1. The monoisotopic (exact) mass is 416 g/mol. The van der Waals surface area contributed by atoms with Gasteiger partial charge < -0.3 is 24.8 Å². The van der Waals surface area contributed by atoms with Crippen molar-refractivity contribution in [2.24, 2.45) is 0 Å². The fraction of sp³-hybridized carbons (Fsp3) is 0.167. The fourth-order valence-electron chi connectivity index (χ4n) is 2.48. The molecule has 0 saturated heterocycles. The molecule has 0 saturated carbocycles. The average Bonchev–Trinajstić information content (AvgIpc) is 3.35. The Labute approximate surface area is 169 Å². The minimum atomic E-state index is -0.140. The van der Waals surface area contributed by atoms with Gasteiger partial charge in [0.15, 0.2) is 15.8 Å². The third-order valence-corrected chi connectivity index (χ3v) is 5.71. The van der Waals surface area contributed by atoms with E-state index in [0.29, 0.717) is 26.7 Å². The highest BCUT2D eigenvalue weighted by atomic mass is 32.2. The average molecular weight is 416 g/mol. The molecule has 8 nitrogen and oxygen atoms in total. The minimum Gasteiger partial charge on any atom is -0.495 e. The number of ether oxygens (including phenoxy) is 3. The highest BCUT2D eigenvalue weighted by Gasteiger charge is 2.15. The van der Waals surface area contributed by atoms with Crippen molar-refractivity contribution in [1.29, 1.82) is 0 Å². The molecule has 4 rings (SSSR count). The predicted molar refractivity (Wildman–Crippen MR) is 108 cm³/mol. The summed E-state index contributed by atoms with van der Waals surface area (Å²) in [6, 6.07) is 12.8. The highest BCUT2D eigenvalue weighted by Crippen LogP contribution is 2.34. The van der Waals surface area contributed by atoms with Crippen molar-refractivity contribution < 1.29 is 19.0 Å². The first-order chi connectivity index (χ1) is 13.7. The quantitative estimate of drug-likeness (QED) is 0.563. The third-order valence-electron chi connectivity index (χ3n) is 3.74. The SMILES string of the molecule is COc1ccccc1Nc1nnc(SCC(=O)Nc2ccc3c(c2)OCO3)s1. The molecule has 0 atom stereocenters. The number of anilines is 3. The normalized spacial score (nSPS) is 11.9. The Bertz CT molecular complexity index is 995. The number of carbonyl (C=O) groups excluding carboxylic acids is 1. The van der Waals surface area contributed by atoms with E-state index >= 15 is 0 Å². The molecule has 1 aromatic heterocycles. The molecule has 10 heteroatoms. The number of carbonyl (C=O) groups is 1. The number of rotatable bonds is 7. The highest BCUT2D eigenvalue weighted by molar-refractivity contribution is 8.01. The van der Waals surface area contributed by atoms with Crippen LogP contribution in [0.25, 0.3) is 0 Å². The number of hydrogen-bond donors (Lipinski definition) is 2. The number of nitrogens with zero attached hydrogens (tertiary/aromatic N) is 2. The smallest absolute Gasteiger partial charge is 0.234 e. The number of para-hydroxylation sites is 2. The van der Waals surface area contributed by atoms with Crippen LogP contribution in [0, 0.1) is 0 Å². The zero-order valence-electron chi connectivity index (χ0n) is 14.8. The topological polar surface area (TPSA) is 94.6 Å². The number of benzene rings is 2. The van der Waals surface area contributed by atoms with Gasteiger partial charge in [0.05, 0.1) is 18.6 Å². The van der Waals surface area contributed by atoms with Gasteiger partial charge in [0.2, 0.25) is 17.8 Å². The summed E-state index contributed by atoms with van der Waals surface area (Å²) in [5, 5.41) is 14.8. The molecule has 0 bridgehead atoms. The summed E-state index contributed by atoms with van der Waals surface area (Å²) in [4.78, 5) is 12.2. The Morgan fingerprint density at radius 1 is 1.21 bits per heavy atom. The van der Waals surface area contributed by atoms with E-state index in [9.17, 15) is 4.79 Å². The predicted octanol–water partition coefficient (Wildman–Crippen LogP) is 3.75. The maximum Gasteiger partial charge on any atom is 0.234 e. The van der Waals surface area contributed by atoms with E-state index in [2.05, 4.69) is 20.8 Å². The molecule has 2 N–H and O–H groups in total. The van der Waals surface area contributed by atoms with Gasteiger partial charge in [-0.3, -0.25) is 4.79 Å². The first kappa shape index (κ1) is 18.4. The second-order valence-corrected chi connectivity index (χ2v) is 7.80. The fourth-order valence-corrected chi connectivity index (χ4v) is 4.04. The van der Waals surface area contributed by atoms with Crippen molar-refractivity contribution >= 4 is 45.5 Å². The lowest BCUT2D eigenvalue weighted by atomic mass is 10.3. The molecule has 0 spiro atoms. The first-order valence-electron chi connectivity index (χ1n) is 8.27. The Hall–Kier alpha value is -2.98. The van der Waals surface area contributed by atoms with Crippen molar-refractivity contribution in [3.63, 3.8) is 0 Å². The molecule has 144 valence electrons. The molecular formula is C18H16N4O4S2. The van der Waals surface area contributed by atoms with Gasteiger partial charge in [-0.1, -0.05) is 35.2 Å². The Balaban J connectivity index is 1.31. The number of nitrogens with one attached hydrogen (secondary N) is 2. The van der Waals surface area contributed by atoms with Crippen LogP contribution in [0.15, 0.2) is 46.8 Å². The van der Waals surface area contributed by atoms with E-state index < -0.39 is 0 Å². The van der Waals surface area contributed by atoms with Crippen molar-refractivity contribution in [2.75, 3.05) is 30.3 Å². The summed E-state index contributed by atoms with van der Waals surface area (Å²) in [6.45, 7) is 0.199. The van der Waals surface area contributed by atoms with E-state index in [1.165, 1.54) is 23.1 Å². The molecule has 3 aromatic rings. The molecule has 0 aliphatic carbocycles. The molecule has 0 radical (unpaired) electrons. The van der Waals surface area contributed by atoms with Crippen molar-refractivity contribution in [3.05, 3.63) is 42.5 Å². The largest absolute Gasteiger partial charge is 0.495 e. The number of fused-ring (bicyclic) bond motifs is 1. The molecule has 28 heavy (non-hydrogen) atoms. The number of hydrogen-bond acceptors (Lipinski definition) is 9. The summed E-state index contributed by atoms with van der Waals surface area (Å²) in [5.74, 6) is 2.10. The van der Waals surface area contributed by atoms with Crippen LogP contribution in [0.1, 0.15) is 0 Å². The zero-order valence-corrected chi connectivity index (χ0v) is 16.4. The lowest BCUT2D eigenvalue weighted by molar-refractivity contribution is -0.113.